The lowest BCUT2D eigenvalue weighted by molar-refractivity contribution is -0.0440. The molecule has 0 amide bonds. The van der Waals surface area contributed by atoms with E-state index < -0.39 is 10.0 Å². The van der Waals surface area contributed by atoms with Crippen molar-refractivity contribution in [2.75, 3.05) is 13.1 Å². The first-order chi connectivity index (χ1) is 8.93. The zero-order valence-electron chi connectivity index (χ0n) is 11.2. The largest absolute Gasteiger partial charge is 0.373 e. The van der Waals surface area contributed by atoms with E-state index in [0.717, 1.165) is 5.56 Å². The molecule has 1 aromatic rings. The van der Waals surface area contributed by atoms with Crippen LogP contribution in [0.25, 0.3) is 0 Å². The number of nitrogens with two attached hydrogens (primary N) is 1. The first-order valence-corrected chi connectivity index (χ1v) is 7.82. The van der Waals surface area contributed by atoms with E-state index >= 15 is 0 Å². The second kappa shape index (κ2) is 5.58. The quantitative estimate of drug-likeness (QED) is 0.896. The molecule has 1 heterocycles. The molecule has 1 aliphatic heterocycles. The van der Waals surface area contributed by atoms with E-state index in [1.165, 1.54) is 4.31 Å². The fourth-order valence-corrected chi connectivity index (χ4v) is 3.86. The molecule has 6 heteroatoms. The van der Waals surface area contributed by atoms with E-state index in [4.69, 9.17) is 10.5 Å². The summed E-state index contributed by atoms with van der Waals surface area (Å²) in [5.74, 6) is 0. The van der Waals surface area contributed by atoms with Gasteiger partial charge in [0.15, 0.2) is 0 Å². The molecular formula is C13H20N2O3S. The lowest BCUT2D eigenvalue weighted by Gasteiger charge is -2.34. The Hall–Kier alpha value is -0.950. The minimum absolute atomic E-state index is 0.0816. The van der Waals surface area contributed by atoms with E-state index in [-0.39, 0.29) is 12.2 Å². The lowest BCUT2D eigenvalue weighted by Crippen LogP contribution is -2.48. The summed E-state index contributed by atoms with van der Waals surface area (Å²) >= 11 is 0. The highest BCUT2D eigenvalue weighted by molar-refractivity contribution is 7.89. The molecule has 1 saturated heterocycles. The Morgan fingerprint density at radius 2 is 1.74 bits per heavy atom. The second-order valence-electron chi connectivity index (χ2n) is 4.93. The summed E-state index contributed by atoms with van der Waals surface area (Å²) in [6.07, 6.45) is -0.163. The molecule has 0 aromatic heterocycles. The molecule has 2 N–H and O–H groups in total. The summed E-state index contributed by atoms with van der Waals surface area (Å²) in [6.45, 7) is 4.97. The van der Waals surface area contributed by atoms with Gasteiger partial charge in [-0.1, -0.05) is 12.1 Å². The highest BCUT2D eigenvalue weighted by Gasteiger charge is 2.31. The van der Waals surface area contributed by atoms with Crippen LogP contribution in [0.2, 0.25) is 0 Å². The Bertz CT molecular complexity index is 517. The molecule has 0 saturated carbocycles. The van der Waals surface area contributed by atoms with Crippen molar-refractivity contribution in [2.45, 2.75) is 37.5 Å². The standard InChI is InChI=1S/C13H20N2O3S/c1-10-8-15(9-11(2)18-10)19(16,17)13-5-3-12(7-14)4-6-13/h3-6,10-11H,7-9,14H2,1-2H3/t10-,11+. The van der Waals surface area contributed by atoms with Crippen molar-refractivity contribution >= 4 is 10.0 Å². The van der Waals surface area contributed by atoms with Gasteiger partial charge >= 0.3 is 0 Å². The van der Waals surface area contributed by atoms with Crippen LogP contribution in [0.4, 0.5) is 0 Å². The number of nitrogens with zero attached hydrogens (tertiary/aromatic N) is 1. The minimum Gasteiger partial charge on any atom is -0.373 e. The summed E-state index contributed by atoms with van der Waals surface area (Å²) in [6, 6.07) is 6.73. The Morgan fingerprint density at radius 3 is 2.21 bits per heavy atom. The molecule has 19 heavy (non-hydrogen) atoms. The molecule has 106 valence electrons. The average Bonchev–Trinajstić information content (AvgIpc) is 2.37. The average molecular weight is 284 g/mol. The van der Waals surface area contributed by atoms with Crippen molar-refractivity contribution < 1.29 is 13.2 Å². The molecule has 5 nitrogen and oxygen atoms in total. The SMILES string of the molecule is C[C@@H]1CN(S(=O)(=O)c2ccc(CN)cc2)C[C@H](C)O1. The smallest absolute Gasteiger partial charge is 0.243 e. The normalized spacial score (nSPS) is 25.4. The monoisotopic (exact) mass is 284 g/mol. The lowest BCUT2D eigenvalue weighted by atomic mass is 10.2. The fourth-order valence-electron chi connectivity index (χ4n) is 2.27. The van der Waals surface area contributed by atoms with Gasteiger partial charge in [-0.3, -0.25) is 0 Å². The van der Waals surface area contributed by atoms with Crippen LogP contribution in [0, 0.1) is 0 Å². The third-order valence-electron chi connectivity index (χ3n) is 3.18. The van der Waals surface area contributed by atoms with Crippen molar-refractivity contribution in [2.24, 2.45) is 5.73 Å². The highest BCUT2D eigenvalue weighted by Crippen LogP contribution is 2.21. The zero-order valence-corrected chi connectivity index (χ0v) is 12.1. The topological polar surface area (TPSA) is 72.6 Å². The van der Waals surface area contributed by atoms with Crippen LogP contribution >= 0.6 is 0 Å². The summed E-state index contributed by atoms with van der Waals surface area (Å²) < 4.78 is 32.1. The van der Waals surface area contributed by atoms with E-state index in [1.807, 2.05) is 13.8 Å². The van der Waals surface area contributed by atoms with Crippen LogP contribution < -0.4 is 5.73 Å². The molecule has 0 unspecified atom stereocenters. The Labute approximate surface area is 114 Å². The van der Waals surface area contributed by atoms with Gasteiger partial charge in [0.05, 0.1) is 17.1 Å². The van der Waals surface area contributed by atoms with Gasteiger partial charge in [-0.15, -0.1) is 0 Å². The molecule has 0 spiro atoms. The van der Waals surface area contributed by atoms with Gasteiger partial charge in [-0.25, -0.2) is 8.42 Å². The number of ether oxygens (including phenoxy) is 1. The maximum absolute atomic E-state index is 12.5. The van der Waals surface area contributed by atoms with Gasteiger partial charge in [-0.2, -0.15) is 4.31 Å². The van der Waals surface area contributed by atoms with Crippen molar-refractivity contribution in [3.63, 3.8) is 0 Å². The Balaban J connectivity index is 2.25. The molecular weight excluding hydrogens is 264 g/mol. The van der Waals surface area contributed by atoms with Crippen LogP contribution in [-0.4, -0.2) is 38.0 Å². The zero-order chi connectivity index (χ0) is 14.0. The number of rotatable bonds is 3. The van der Waals surface area contributed by atoms with Gasteiger partial charge < -0.3 is 10.5 Å². The molecule has 2 rings (SSSR count). The molecule has 0 aliphatic carbocycles. The first kappa shape index (κ1) is 14.5. The molecule has 2 atom stereocenters. The number of morpholine rings is 1. The van der Waals surface area contributed by atoms with Gasteiger partial charge in [-0.05, 0) is 31.5 Å². The molecule has 0 radical (unpaired) electrons. The number of hydrogen-bond acceptors (Lipinski definition) is 4. The van der Waals surface area contributed by atoms with E-state index in [0.29, 0.717) is 24.5 Å². The number of sulfonamides is 1. The molecule has 1 aliphatic rings. The van der Waals surface area contributed by atoms with Crippen LogP contribution in [0.15, 0.2) is 29.2 Å². The van der Waals surface area contributed by atoms with Gasteiger partial charge in [0.2, 0.25) is 10.0 Å². The molecule has 1 aromatic carbocycles. The van der Waals surface area contributed by atoms with E-state index in [2.05, 4.69) is 0 Å². The van der Waals surface area contributed by atoms with Crippen molar-refractivity contribution in [3.05, 3.63) is 29.8 Å². The Morgan fingerprint density at radius 1 is 1.21 bits per heavy atom. The fraction of sp³-hybridized carbons (Fsp3) is 0.538. The number of hydrogen-bond donors (Lipinski definition) is 1. The van der Waals surface area contributed by atoms with Crippen LogP contribution in [0.3, 0.4) is 0 Å². The summed E-state index contributed by atoms with van der Waals surface area (Å²) in [5.41, 5.74) is 6.43. The number of benzene rings is 1. The third kappa shape index (κ3) is 3.14. The second-order valence-corrected chi connectivity index (χ2v) is 6.87. The Kier molecular flexibility index (Phi) is 4.25. The summed E-state index contributed by atoms with van der Waals surface area (Å²) in [7, 11) is -3.44. The van der Waals surface area contributed by atoms with E-state index in [9.17, 15) is 8.42 Å². The van der Waals surface area contributed by atoms with Crippen LogP contribution in [0.1, 0.15) is 19.4 Å². The van der Waals surface area contributed by atoms with Gasteiger partial charge in [0.25, 0.3) is 0 Å². The van der Waals surface area contributed by atoms with Crippen molar-refractivity contribution in [1.82, 2.24) is 4.31 Å². The third-order valence-corrected chi connectivity index (χ3v) is 5.03. The minimum atomic E-state index is -3.44. The maximum atomic E-state index is 12.5. The van der Waals surface area contributed by atoms with E-state index in [1.54, 1.807) is 24.3 Å². The van der Waals surface area contributed by atoms with Gasteiger partial charge in [0.1, 0.15) is 0 Å². The first-order valence-electron chi connectivity index (χ1n) is 6.38. The molecule has 1 fully saturated rings. The maximum Gasteiger partial charge on any atom is 0.243 e. The van der Waals surface area contributed by atoms with Crippen LogP contribution in [0.5, 0.6) is 0 Å². The predicted molar refractivity (Wildman–Crippen MR) is 73.1 cm³/mol. The highest BCUT2D eigenvalue weighted by atomic mass is 32.2. The summed E-state index contributed by atoms with van der Waals surface area (Å²) in [4.78, 5) is 0.311. The molecule has 0 bridgehead atoms. The van der Waals surface area contributed by atoms with Crippen molar-refractivity contribution in [3.8, 4) is 0 Å². The van der Waals surface area contributed by atoms with Gasteiger partial charge in [0, 0.05) is 19.6 Å². The van der Waals surface area contributed by atoms with Crippen molar-refractivity contribution in [1.29, 1.82) is 0 Å². The predicted octanol–water partition coefficient (Wildman–Crippen LogP) is 0.943. The summed E-state index contributed by atoms with van der Waals surface area (Å²) in [5, 5.41) is 0. The van der Waals surface area contributed by atoms with Crippen LogP contribution in [-0.2, 0) is 21.3 Å².